The van der Waals surface area contributed by atoms with E-state index in [9.17, 15) is 14.4 Å². The Bertz CT molecular complexity index is 787. The van der Waals surface area contributed by atoms with Gasteiger partial charge < -0.3 is 19.3 Å². The predicted octanol–water partition coefficient (Wildman–Crippen LogP) is 2.55. The molecule has 1 fully saturated rings. The summed E-state index contributed by atoms with van der Waals surface area (Å²) in [6, 6.07) is 0. The molecular formula is C22H28O7. The molecule has 7 heteroatoms. The van der Waals surface area contributed by atoms with Crippen LogP contribution in [0.2, 0.25) is 0 Å². The number of aliphatic hydroxyl groups excluding tert-OH is 1. The first kappa shape index (κ1) is 22.6. The van der Waals surface area contributed by atoms with E-state index in [0.717, 1.165) is 11.1 Å². The molecule has 1 N–H and O–H groups in total. The highest BCUT2D eigenvalue weighted by Gasteiger charge is 2.44. The average Bonchev–Trinajstić information content (AvgIpc) is 2.90. The van der Waals surface area contributed by atoms with E-state index in [1.165, 1.54) is 13.0 Å². The molecule has 158 valence electrons. The molecule has 2 rings (SSSR count). The van der Waals surface area contributed by atoms with Gasteiger partial charge in [-0.2, -0.15) is 0 Å². The minimum atomic E-state index is -0.682. The number of ether oxygens (including phenoxy) is 3. The molecule has 1 saturated heterocycles. The summed E-state index contributed by atoms with van der Waals surface area (Å²) in [5.74, 6) is -2.08. The summed E-state index contributed by atoms with van der Waals surface area (Å²) < 4.78 is 16.6. The summed E-state index contributed by atoms with van der Waals surface area (Å²) in [7, 11) is 0. The van der Waals surface area contributed by atoms with Crippen LogP contribution < -0.4 is 0 Å². The lowest BCUT2D eigenvalue weighted by Gasteiger charge is -2.28. The number of carbonyl (C=O) groups excluding carboxylic acids is 3. The van der Waals surface area contributed by atoms with Gasteiger partial charge in [-0.05, 0) is 38.5 Å². The largest absolute Gasteiger partial charge is 0.458 e. The number of esters is 3. The molecule has 0 radical (unpaired) electrons. The first-order chi connectivity index (χ1) is 13.6. The number of aliphatic hydroxyl groups is 1. The second-order valence-electron chi connectivity index (χ2n) is 7.43. The molecule has 0 spiro atoms. The fourth-order valence-electron chi connectivity index (χ4n) is 3.48. The zero-order valence-electron chi connectivity index (χ0n) is 17.3. The van der Waals surface area contributed by atoms with E-state index in [-0.39, 0.29) is 17.8 Å². The molecule has 0 saturated carbocycles. The van der Waals surface area contributed by atoms with E-state index in [2.05, 4.69) is 6.58 Å². The first-order valence-electron chi connectivity index (χ1n) is 9.53. The van der Waals surface area contributed by atoms with E-state index in [0.29, 0.717) is 12.8 Å². The minimum absolute atomic E-state index is 0.234. The van der Waals surface area contributed by atoms with Crippen molar-refractivity contribution in [3.05, 3.63) is 47.1 Å². The number of hydrogen-bond donors (Lipinski definition) is 1. The van der Waals surface area contributed by atoms with Crippen molar-refractivity contribution in [3.8, 4) is 0 Å². The zero-order chi connectivity index (χ0) is 21.7. The quantitative estimate of drug-likeness (QED) is 0.333. The molecule has 0 bridgehead atoms. The molecule has 0 aromatic heterocycles. The van der Waals surface area contributed by atoms with Gasteiger partial charge in [0.05, 0.1) is 12.5 Å². The molecular weight excluding hydrogens is 376 g/mol. The van der Waals surface area contributed by atoms with E-state index < -0.39 is 42.1 Å². The van der Waals surface area contributed by atoms with Gasteiger partial charge in [0.15, 0.2) is 0 Å². The van der Waals surface area contributed by atoms with Crippen LogP contribution in [0.5, 0.6) is 0 Å². The van der Waals surface area contributed by atoms with E-state index >= 15 is 0 Å². The van der Waals surface area contributed by atoms with Crippen LogP contribution >= 0.6 is 0 Å². The van der Waals surface area contributed by atoms with Crippen LogP contribution in [0, 0.1) is 5.92 Å². The van der Waals surface area contributed by atoms with Gasteiger partial charge in [-0.1, -0.05) is 18.2 Å². The summed E-state index contributed by atoms with van der Waals surface area (Å²) in [4.78, 5) is 36.1. The molecule has 2 aliphatic rings. The molecule has 0 aromatic carbocycles. The highest BCUT2D eigenvalue weighted by molar-refractivity contribution is 5.92. The van der Waals surface area contributed by atoms with Crippen LogP contribution in [0.1, 0.15) is 40.5 Å². The van der Waals surface area contributed by atoms with Crippen LogP contribution in [0.3, 0.4) is 0 Å². The van der Waals surface area contributed by atoms with Gasteiger partial charge >= 0.3 is 17.9 Å². The Kier molecular flexibility index (Phi) is 7.56. The van der Waals surface area contributed by atoms with Crippen molar-refractivity contribution in [2.24, 2.45) is 5.92 Å². The van der Waals surface area contributed by atoms with Gasteiger partial charge in [-0.3, -0.25) is 4.79 Å². The van der Waals surface area contributed by atoms with Crippen molar-refractivity contribution in [2.75, 3.05) is 6.61 Å². The van der Waals surface area contributed by atoms with Gasteiger partial charge in [0.2, 0.25) is 0 Å². The van der Waals surface area contributed by atoms with Crippen molar-refractivity contribution < 1.29 is 33.7 Å². The second kappa shape index (κ2) is 9.69. The Labute approximate surface area is 170 Å². The normalized spacial score (nSPS) is 31.6. The third kappa shape index (κ3) is 5.67. The lowest BCUT2D eigenvalue weighted by atomic mass is 9.85. The van der Waals surface area contributed by atoms with Gasteiger partial charge in [0.25, 0.3) is 0 Å². The molecule has 0 amide bonds. The van der Waals surface area contributed by atoms with E-state index in [1.54, 1.807) is 19.9 Å². The summed E-state index contributed by atoms with van der Waals surface area (Å²) in [5.41, 5.74) is 2.17. The third-order valence-corrected chi connectivity index (χ3v) is 5.09. The van der Waals surface area contributed by atoms with Crippen LogP contribution in [0.4, 0.5) is 0 Å². The summed E-state index contributed by atoms with van der Waals surface area (Å²) in [6.45, 7) is 10.2. The fraction of sp³-hybridized carbons (Fsp3) is 0.500. The van der Waals surface area contributed by atoms with Gasteiger partial charge in [0.1, 0.15) is 18.3 Å². The van der Waals surface area contributed by atoms with Crippen molar-refractivity contribution >= 4 is 17.9 Å². The number of hydrogen-bond acceptors (Lipinski definition) is 7. The van der Waals surface area contributed by atoms with Crippen molar-refractivity contribution in [2.45, 2.75) is 58.8 Å². The molecule has 0 aromatic rings. The molecule has 1 aliphatic carbocycles. The molecule has 1 heterocycles. The van der Waals surface area contributed by atoms with Crippen molar-refractivity contribution in [1.29, 1.82) is 0 Å². The molecule has 4 atom stereocenters. The maximum Gasteiger partial charge on any atom is 0.334 e. The van der Waals surface area contributed by atoms with Crippen LogP contribution in [0.15, 0.2) is 47.1 Å². The highest BCUT2D eigenvalue weighted by Crippen LogP contribution is 2.36. The van der Waals surface area contributed by atoms with Gasteiger partial charge in [-0.25, -0.2) is 9.59 Å². The standard InChI is InChI=1S/C22H28O7/c1-12-6-7-17(27-16(5)24)14(3)11-19-20(15(4)22(26)29-19)18(10-12)28-21(25)13(2)8-9-23/h6,8,11,17-20,23H,4,7,9-10H2,1-3,5H3/b12-6+,13-8+,14-11+/t17-,18-,19-,20-/m1/s1. The predicted molar refractivity (Wildman–Crippen MR) is 106 cm³/mol. The topological polar surface area (TPSA) is 99.1 Å². The Balaban J connectivity index is 2.42. The monoisotopic (exact) mass is 404 g/mol. The summed E-state index contributed by atoms with van der Waals surface area (Å²) in [5, 5.41) is 9.01. The molecule has 0 unspecified atom stereocenters. The summed E-state index contributed by atoms with van der Waals surface area (Å²) >= 11 is 0. The molecule has 7 nitrogen and oxygen atoms in total. The Morgan fingerprint density at radius 1 is 1.31 bits per heavy atom. The second-order valence-corrected chi connectivity index (χ2v) is 7.43. The smallest absolute Gasteiger partial charge is 0.334 e. The van der Waals surface area contributed by atoms with Gasteiger partial charge in [-0.15, -0.1) is 0 Å². The average molecular weight is 404 g/mol. The summed E-state index contributed by atoms with van der Waals surface area (Å²) in [6.07, 6.45) is 4.05. The van der Waals surface area contributed by atoms with Crippen molar-refractivity contribution in [3.63, 3.8) is 0 Å². The molecule has 29 heavy (non-hydrogen) atoms. The third-order valence-electron chi connectivity index (χ3n) is 5.09. The fourth-order valence-corrected chi connectivity index (χ4v) is 3.48. The Hall–Kier alpha value is -2.67. The SMILES string of the molecule is C=C1C(=O)O[C@@H]2/C=C(\C)[C@H](OC(C)=O)C/C=C(\C)C[C@@H](OC(=O)/C(C)=C/CO)[C@@H]12. The van der Waals surface area contributed by atoms with Crippen LogP contribution in [-0.4, -0.2) is 47.9 Å². The lowest BCUT2D eigenvalue weighted by Crippen LogP contribution is -2.34. The van der Waals surface area contributed by atoms with Crippen LogP contribution in [0.25, 0.3) is 0 Å². The lowest BCUT2D eigenvalue weighted by molar-refractivity contribution is -0.148. The van der Waals surface area contributed by atoms with Gasteiger partial charge in [0, 0.05) is 30.9 Å². The number of rotatable bonds is 4. The number of carbonyl (C=O) groups is 3. The first-order valence-corrected chi connectivity index (χ1v) is 9.53. The van der Waals surface area contributed by atoms with Crippen molar-refractivity contribution in [1.82, 2.24) is 0 Å². The maximum absolute atomic E-state index is 12.4. The highest BCUT2D eigenvalue weighted by atomic mass is 16.6. The molecule has 1 aliphatic heterocycles. The van der Waals surface area contributed by atoms with E-state index in [1.807, 2.05) is 13.0 Å². The Morgan fingerprint density at radius 2 is 2.00 bits per heavy atom. The minimum Gasteiger partial charge on any atom is -0.458 e. The Morgan fingerprint density at radius 3 is 2.62 bits per heavy atom. The zero-order valence-corrected chi connectivity index (χ0v) is 17.3. The maximum atomic E-state index is 12.4. The van der Waals surface area contributed by atoms with Crippen LogP contribution in [-0.2, 0) is 28.6 Å². The van der Waals surface area contributed by atoms with E-state index in [4.69, 9.17) is 19.3 Å². The number of fused-ring (bicyclic) bond motifs is 1.